The zero-order chi connectivity index (χ0) is 16.4. The van der Waals surface area contributed by atoms with Gasteiger partial charge in [-0.25, -0.2) is 13.2 Å². The van der Waals surface area contributed by atoms with Crippen LogP contribution in [0.2, 0.25) is 0 Å². The fourth-order valence-corrected chi connectivity index (χ4v) is 3.52. The van der Waals surface area contributed by atoms with Gasteiger partial charge in [0.15, 0.2) is 0 Å². The molecule has 0 aliphatic heterocycles. The Bertz CT molecular complexity index is 685. The molecule has 0 heterocycles. The Hall–Kier alpha value is -1.45. The van der Waals surface area contributed by atoms with Crippen LogP contribution < -0.4 is 0 Å². The number of carbonyl (C=O) groups excluding carboxylic acids is 1. The first-order valence-corrected chi connectivity index (χ1v) is 7.91. The van der Waals surface area contributed by atoms with Crippen molar-refractivity contribution in [3.8, 4) is 0 Å². The lowest BCUT2D eigenvalue weighted by Crippen LogP contribution is -2.33. The number of likely N-dealkylation sites (N-methyl/N-ethyl adjacent to an activating group) is 1. The summed E-state index contributed by atoms with van der Waals surface area (Å²) in [5.41, 5.74) is 0.189. The molecule has 1 rings (SSSR count). The zero-order valence-corrected chi connectivity index (χ0v) is 14.0. The Morgan fingerprint density at radius 3 is 2.43 bits per heavy atom. The maximum absolute atomic E-state index is 12.4. The van der Waals surface area contributed by atoms with Gasteiger partial charge in [0.25, 0.3) is 0 Å². The molecule has 0 aliphatic rings. The van der Waals surface area contributed by atoms with Crippen LogP contribution in [0.25, 0.3) is 0 Å². The molecule has 9 heteroatoms. The van der Waals surface area contributed by atoms with E-state index < -0.39 is 28.5 Å². The number of methoxy groups -OCH3 is 1. The van der Waals surface area contributed by atoms with Gasteiger partial charge in [-0.1, -0.05) is 15.9 Å². The number of rotatable bonds is 5. The van der Waals surface area contributed by atoms with E-state index in [0.29, 0.717) is 10.0 Å². The first kappa shape index (κ1) is 17.6. The van der Waals surface area contributed by atoms with E-state index in [1.165, 1.54) is 20.0 Å². The van der Waals surface area contributed by atoms with Crippen LogP contribution >= 0.6 is 15.9 Å². The maximum atomic E-state index is 12.4. The number of esters is 1. The van der Waals surface area contributed by atoms with Crippen LogP contribution in [0.15, 0.2) is 21.5 Å². The minimum absolute atomic E-state index is 0.169. The third kappa shape index (κ3) is 3.80. The normalized spacial score (nSPS) is 11.5. The number of carboxylic acids is 1. The van der Waals surface area contributed by atoms with Crippen molar-refractivity contribution >= 4 is 37.9 Å². The molecule has 0 amide bonds. The second-order valence-corrected chi connectivity index (χ2v) is 7.09. The quantitative estimate of drug-likeness (QED) is 0.772. The lowest BCUT2D eigenvalue weighted by Gasteiger charge is -2.18. The van der Waals surface area contributed by atoms with Gasteiger partial charge in [0.2, 0.25) is 10.0 Å². The molecule has 0 aliphatic carbocycles. The molecular formula is C12H14BrNO6S. The Kier molecular flexibility index (Phi) is 5.48. The van der Waals surface area contributed by atoms with Crippen LogP contribution in [0, 0.1) is 6.92 Å². The van der Waals surface area contributed by atoms with Crippen molar-refractivity contribution < 1.29 is 27.9 Å². The molecule has 0 atom stereocenters. The van der Waals surface area contributed by atoms with E-state index in [1.807, 2.05) is 0 Å². The number of carbonyl (C=O) groups is 2. The summed E-state index contributed by atoms with van der Waals surface area (Å²) in [5, 5.41) is 9.01. The number of ether oxygens (including phenoxy) is 1. The summed E-state index contributed by atoms with van der Waals surface area (Å²) in [6.45, 7) is 1.07. The van der Waals surface area contributed by atoms with Crippen molar-refractivity contribution in [2.45, 2.75) is 11.8 Å². The van der Waals surface area contributed by atoms with Crippen molar-refractivity contribution in [1.29, 1.82) is 0 Å². The lowest BCUT2D eigenvalue weighted by molar-refractivity contribution is -0.140. The first-order chi connectivity index (χ1) is 9.61. The second-order valence-electron chi connectivity index (χ2n) is 4.22. The number of benzene rings is 1. The Labute approximate surface area is 130 Å². The van der Waals surface area contributed by atoms with Crippen LogP contribution in [0.1, 0.15) is 15.9 Å². The molecule has 7 nitrogen and oxygen atoms in total. The third-order valence-electron chi connectivity index (χ3n) is 2.81. The highest BCUT2D eigenvalue weighted by molar-refractivity contribution is 9.10. The van der Waals surface area contributed by atoms with Crippen molar-refractivity contribution in [2.24, 2.45) is 0 Å². The number of aromatic carboxylic acids is 1. The molecule has 0 radical (unpaired) electrons. The average Bonchev–Trinajstić information content (AvgIpc) is 2.40. The maximum Gasteiger partial charge on any atom is 0.335 e. The summed E-state index contributed by atoms with van der Waals surface area (Å²) in [6.07, 6.45) is 0. The first-order valence-electron chi connectivity index (χ1n) is 5.67. The molecule has 0 spiro atoms. The highest BCUT2D eigenvalue weighted by Crippen LogP contribution is 2.27. The lowest BCUT2D eigenvalue weighted by atomic mass is 10.1. The molecular weight excluding hydrogens is 366 g/mol. The standard InChI is InChI=1S/C12H14BrNO6S/c1-7-9(13)4-8(12(16)17)5-10(7)21(18,19)14(2)6-11(15)20-3/h4-5H,6H2,1-3H3,(H,16,17). The van der Waals surface area contributed by atoms with Crippen LogP contribution in [-0.2, 0) is 19.6 Å². The summed E-state index contributed by atoms with van der Waals surface area (Å²) < 4.78 is 30.4. The van der Waals surface area contributed by atoms with Gasteiger partial charge in [0.1, 0.15) is 6.54 Å². The Morgan fingerprint density at radius 1 is 1.38 bits per heavy atom. The number of halogens is 1. The van der Waals surface area contributed by atoms with E-state index >= 15 is 0 Å². The van der Waals surface area contributed by atoms with Crippen molar-refractivity contribution in [2.75, 3.05) is 20.7 Å². The smallest absolute Gasteiger partial charge is 0.335 e. The van der Waals surface area contributed by atoms with Gasteiger partial charge in [-0.3, -0.25) is 4.79 Å². The fraction of sp³-hybridized carbons (Fsp3) is 0.333. The van der Waals surface area contributed by atoms with Crippen LogP contribution in [0.3, 0.4) is 0 Å². The van der Waals surface area contributed by atoms with Gasteiger partial charge in [-0.15, -0.1) is 0 Å². The molecule has 116 valence electrons. The second kappa shape index (κ2) is 6.54. The highest BCUT2D eigenvalue weighted by atomic mass is 79.9. The van der Waals surface area contributed by atoms with Crippen molar-refractivity contribution in [1.82, 2.24) is 4.31 Å². The van der Waals surface area contributed by atoms with Crippen LogP contribution in [0.4, 0.5) is 0 Å². The van der Waals surface area contributed by atoms with Gasteiger partial charge < -0.3 is 9.84 Å². The highest BCUT2D eigenvalue weighted by Gasteiger charge is 2.27. The van der Waals surface area contributed by atoms with Gasteiger partial charge in [-0.05, 0) is 24.6 Å². The number of nitrogens with zero attached hydrogens (tertiary/aromatic N) is 1. The van der Waals surface area contributed by atoms with Crippen LogP contribution in [0.5, 0.6) is 0 Å². The zero-order valence-electron chi connectivity index (χ0n) is 11.6. The molecule has 0 fully saturated rings. The van der Waals surface area contributed by atoms with E-state index in [0.717, 1.165) is 17.5 Å². The van der Waals surface area contributed by atoms with Gasteiger partial charge in [-0.2, -0.15) is 4.31 Å². The monoisotopic (exact) mass is 379 g/mol. The number of hydrogen-bond donors (Lipinski definition) is 1. The van der Waals surface area contributed by atoms with Crippen LogP contribution in [-0.4, -0.2) is 50.5 Å². The van der Waals surface area contributed by atoms with E-state index in [9.17, 15) is 18.0 Å². The molecule has 1 aromatic rings. The third-order valence-corrected chi connectivity index (χ3v) is 5.56. The predicted octanol–water partition coefficient (Wildman–Crippen LogP) is 1.25. The minimum Gasteiger partial charge on any atom is -0.478 e. The molecule has 0 saturated carbocycles. The SMILES string of the molecule is COC(=O)CN(C)S(=O)(=O)c1cc(C(=O)O)cc(Br)c1C. The minimum atomic E-state index is -4.01. The van der Waals surface area contributed by atoms with E-state index in [1.54, 1.807) is 0 Å². The summed E-state index contributed by atoms with van der Waals surface area (Å²) in [6, 6.07) is 2.38. The summed E-state index contributed by atoms with van der Waals surface area (Å²) in [5.74, 6) is -1.96. The number of hydrogen-bond acceptors (Lipinski definition) is 5. The predicted molar refractivity (Wildman–Crippen MR) is 77.7 cm³/mol. The van der Waals surface area contributed by atoms with Gasteiger partial charge >= 0.3 is 11.9 Å². The molecule has 0 aromatic heterocycles. The largest absolute Gasteiger partial charge is 0.478 e. The summed E-state index contributed by atoms with van der Waals surface area (Å²) in [7, 11) is -1.65. The molecule has 0 bridgehead atoms. The fourth-order valence-electron chi connectivity index (χ4n) is 1.54. The van der Waals surface area contributed by atoms with E-state index in [2.05, 4.69) is 20.7 Å². The number of sulfonamides is 1. The van der Waals surface area contributed by atoms with Gasteiger partial charge in [0.05, 0.1) is 17.6 Å². The topological polar surface area (TPSA) is 101 Å². The molecule has 1 aromatic carbocycles. The van der Waals surface area contributed by atoms with Gasteiger partial charge in [0, 0.05) is 11.5 Å². The molecule has 0 unspecified atom stereocenters. The molecule has 1 N–H and O–H groups in total. The molecule has 0 saturated heterocycles. The summed E-state index contributed by atoms with van der Waals surface area (Å²) in [4.78, 5) is 22.0. The molecule has 21 heavy (non-hydrogen) atoms. The van der Waals surface area contributed by atoms with E-state index in [4.69, 9.17) is 5.11 Å². The Balaban J connectivity index is 3.37. The van der Waals surface area contributed by atoms with Crippen molar-refractivity contribution in [3.63, 3.8) is 0 Å². The Morgan fingerprint density at radius 2 is 1.95 bits per heavy atom. The van der Waals surface area contributed by atoms with E-state index in [-0.39, 0.29) is 10.5 Å². The average molecular weight is 380 g/mol. The summed E-state index contributed by atoms with van der Waals surface area (Å²) >= 11 is 3.13. The number of carboxylic acid groups (broad SMARTS) is 1. The van der Waals surface area contributed by atoms with Crippen molar-refractivity contribution in [3.05, 3.63) is 27.7 Å².